The van der Waals surface area contributed by atoms with Gasteiger partial charge in [-0.05, 0) is 10.4 Å². The van der Waals surface area contributed by atoms with E-state index in [1.54, 1.807) is 13.3 Å². The number of carbonyl (C=O) groups excluding carboxylic acids is 1. The van der Waals surface area contributed by atoms with E-state index in [2.05, 4.69) is 46.1 Å². The van der Waals surface area contributed by atoms with Crippen LogP contribution in [0.3, 0.4) is 0 Å². The summed E-state index contributed by atoms with van der Waals surface area (Å²) in [7, 11) is 0. The molecule has 0 aromatic carbocycles. The molecule has 0 spiro atoms. The minimum atomic E-state index is -0.764. The number of ether oxygens (including phenoxy) is 1. The molecule has 0 unspecified atom stereocenters. The van der Waals surface area contributed by atoms with Gasteiger partial charge in [0, 0.05) is 6.92 Å². The summed E-state index contributed by atoms with van der Waals surface area (Å²) in [6, 6.07) is 0.0162. The molecule has 0 saturated heterocycles. The molecular formula is C9H20N4O2Sn. The first-order chi connectivity index (χ1) is 7.63. The molecule has 1 N–H and O–H groups in total. The third-order valence-corrected chi connectivity index (χ3v) is 12.2. The van der Waals surface area contributed by atoms with Crippen LogP contribution in [0.1, 0.15) is 27.7 Å². The van der Waals surface area contributed by atoms with E-state index in [-0.39, 0.29) is 6.01 Å². The fourth-order valence-corrected chi connectivity index (χ4v) is 6.14. The van der Waals surface area contributed by atoms with Gasteiger partial charge in [-0.3, -0.25) is 4.79 Å². The maximum atomic E-state index is 10.2. The molecular weight excluding hydrogens is 315 g/mol. The topological polar surface area (TPSA) is 80.8 Å². The number of tetrazole rings is 1. The average Bonchev–Trinajstić information content (AvgIpc) is 2.73. The van der Waals surface area contributed by atoms with Gasteiger partial charge in [0.2, 0.25) is 0 Å². The molecule has 0 radical (unpaired) electrons. The van der Waals surface area contributed by atoms with Crippen molar-refractivity contribution in [2.45, 2.75) is 41.0 Å². The fraction of sp³-hybridized carbons (Fsp3) is 0.778. The molecule has 0 bridgehead atoms. The number of nitrogens with zero attached hydrogens (tertiary/aromatic N) is 3. The van der Waals surface area contributed by atoms with Gasteiger partial charge in [-0.2, -0.15) is 0 Å². The van der Waals surface area contributed by atoms with Crippen LogP contribution in [0, 0.1) is 0 Å². The first kappa shape index (κ1) is 15.3. The van der Waals surface area contributed by atoms with Gasteiger partial charge in [0.05, 0.1) is 0 Å². The molecule has 0 aliphatic heterocycles. The number of hydrogen-bond acceptors (Lipinski definition) is 5. The fourth-order valence-electron chi connectivity index (χ4n) is 1.20. The Hall–Kier alpha value is -0.661. The van der Waals surface area contributed by atoms with Gasteiger partial charge in [-0.1, -0.05) is 5.10 Å². The molecule has 0 saturated carbocycles. The monoisotopic (exact) mass is 336 g/mol. The summed E-state index contributed by atoms with van der Waals surface area (Å²) >= 11 is -0.764. The van der Waals surface area contributed by atoms with Crippen LogP contribution < -0.4 is 4.74 Å². The zero-order valence-electron chi connectivity index (χ0n) is 10.4. The number of aromatic nitrogens is 4. The number of nitrogens with one attached hydrogen (secondary N) is 1. The normalized spacial score (nSPS) is 9.56. The van der Waals surface area contributed by atoms with Crippen molar-refractivity contribution in [3.63, 3.8) is 0 Å². The first-order valence-corrected chi connectivity index (χ1v) is 12.5. The molecule has 1 rings (SSSR count). The summed E-state index contributed by atoms with van der Waals surface area (Å²) in [6.45, 7) is 8.33. The molecule has 0 aliphatic carbocycles. The zero-order chi connectivity index (χ0) is 12.4. The van der Waals surface area contributed by atoms with E-state index in [1.165, 1.54) is 6.92 Å². The van der Waals surface area contributed by atoms with Gasteiger partial charge < -0.3 is 4.74 Å². The van der Waals surface area contributed by atoms with Crippen molar-refractivity contribution in [2.24, 2.45) is 0 Å². The third-order valence-electron chi connectivity index (χ3n) is 2.30. The summed E-state index contributed by atoms with van der Waals surface area (Å²) in [5.74, 6) is -0.450. The quantitative estimate of drug-likeness (QED) is 0.665. The van der Waals surface area contributed by atoms with Crippen molar-refractivity contribution < 1.29 is 9.53 Å². The predicted molar refractivity (Wildman–Crippen MR) is 64.1 cm³/mol. The molecule has 0 amide bonds. The van der Waals surface area contributed by atoms with E-state index in [9.17, 15) is 4.79 Å². The van der Waals surface area contributed by atoms with E-state index in [4.69, 9.17) is 0 Å². The van der Waals surface area contributed by atoms with Crippen LogP contribution in [0.15, 0.2) is 0 Å². The molecule has 1 heterocycles. The zero-order valence-corrected chi connectivity index (χ0v) is 13.7. The molecule has 0 fully saturated rings. The van der Waals surface area contributed by atoms with Gasteiger partial charge >= 0.3 is 65.8 Å². The van der Waals surface area contributed by atoms with Crippen LogP contribution >= 0.6 is 0 Å². The summed E-state index contributed by atoms with van der Waals surface area (Å²) in [6.07, 6.45) is 0. The molecule has 1 aromatic rings. The maximum absolute atomic E-state index is 10.2. The molecule has 0 atom stereocenters. The SMILES string of the molecule is CC(=O)Oc1nnn[nH]1.C[CH2][SnH]([CH2]C)[CH2]C. The van der Waals surface area contributed by atoms with E-state index in [0.29, 0.717) is 0 Å². The Morgan fingerprint density at radius 2 is 1.88 bits per heavy atom. The van der Waals surface area contributed by atoms with Crippen molar-refractivity contribution in [1.82, 2.24) is 20.6 Å². The number of esters is 1. The number of H-pyrrole nitrogens is 1. The number of hydrogen-bond donors (Lipinski definition) is 1. The second-order valence-corrected chi connectivity index (χ2v) is 15.3. The van der Waals surface area contributed by atoms with E-state index in [0.717, 1.165) is 0 Å². The second kappa shape index (κ2) is 9.56. The molecule has 7 heteroatoms. The minimum absolute atomic E-state index is 0.0162. The number of carbonyl (C=O) groups is 1. The Morgan fingerprint density at radius 1 is 1.31 bits per heavy atom. The van der Waals surface area contributed by atoms with Crippen LogP contribution in [0.25, 0.3) is 0 Å². The van der Waals surface area contributed by atoms with Crippen LogP contribution in [0.4, 0.5) is 0 Å². The van der Waals surface area contributed by atoms with E-state index in [1.807, 2.05) is 0 Å². The Balaban J connectivity index is 0.000000293. The molecule has 16 heavy (non-hydrogen) atoms. The number of rotatable bonds is 4. The van der Waals surface area contributed by atoms with Crippen molar-refractivity contribution in [3.8, 4) is 6.01 Å². The summed E-state index contributed by atoms with van der Waals surface area (Å²) in [5, 5.41) is 11.9. The van der Waals surface area contributed by atoms with Crippen LogP contribution in [-0.4, -0.2) is 46.4 Å². The molecule has 6 nitrogen and oxygen atoms in total. The van der Waals surface area contributed by atoms with Crippen molar-refractivity contribution in [2.75, 3.05) is 0 Å². The van der Waals surface area contributed by atoms with Gasteiger partial charge in [0.1, 0.15) is 0 Å². The van der Waals surface area contributed by atoms with Crippen molar-refractivity contribution in [3.05, 3.63) is 0 Å². The predicted octanol–water partition coefficient (Wildman–Crippen LogP) is 1.40. The Morgan fingerprint density at radius 3 is 2.12 bits per heavy atom. The van der Waals surface area contributed by atoms with Crippen molar-refractivity contribution >= 4 is 25.7 Å². The van der Waals surface area contributed by atoms with Crippen LogP contribution in [0.5, 0.6) is 6.01 Å². The van der Waals surface area contributed by atoms with E-state index >= 15 is 0 Å². The molecule has 1 aromatic heterocycles. The number of aromatic amines is 1. The Labute approximate surface area is 103 Å². The first-order valence-electron chi connectivity index (χ1n) is 5.56. The molecule has 0 aliphatic rings. The Kier molecular flexibility index (Phi) is 9.16. The standard InChI is InChI=1S/C3H4N4O2.3C2H5.Sn.H/c1-2(8)9-3-4-6-7-5-3;3*1-2;;/h1H3,(H,4,5,6,7);3*1H2,2H3;;. The van der Waals surface area contributed by atoms with Gasteiger partial charge in [0.25, 0.3) is 0 Å². The average molecular weight is 335 g/mol. The second-order valence-electron chi connectivity index (χ2n) is 3.39. The summed E-state index contributed by atoms with van der Waals surface area (Å²) < 4.78 is 9.12. The van der Waals surface area contributed by atoms with Crippen LogP contribution in [0.2, 0.25) is 13.3 Å². The summed E-state index contributed by atoms with van der Waals surface area (Å²) in [5.41, 5.74) is 0. The van der Waals surface area contributed by atoms with E-state index < -0.39 is 25.7 Å². The van der Waals surface area contributed by atoms with Gasteiger partial charge in [0.15, 0.2) is 0 Å². The van der Waals surface area contributed by atoms with Crippen LogP contribution in [-0.2, 0) is 4.79 Å². The summed E-state index contributed by atoms with van der Waals surface area (Å²) in [4.78, 5) is 10.2. The van der Waals surface area contributed by atoms with Gasteiger partial charge in [-0.15, -0.1) is 0 Å². The van der Waals surface area contributed by atoms with Gasteiger partial charge in [-0.25, -0.2) is 5.10 Å². The third kappa shape index (κ3) is 7.61. The van der Waals surface area contributed by atoms with Crippen molar-refractivity contribution in [1.29, 1.82) is 0 Å². The Bertz CT molecular complexity index is 270. The molecule has 92 valence electrons.